The monoisotopic (exact) mass is 342 g/mol. The van der Waals surface area contributed by atoms with Crippen LogP contribution in [0.3, 0.4) is 0 Å². The maximum Gasteiger partial charge on any atom is 0.271 e. The number of nitro benzene ring substituents is 1. The van der Waals surface area contributed by atoms with Crippen molar-refractivity contribution in [3.8, 4) is 11.5 Å². The average molecular weight is 343 g/mol. The Morgan fingerprint density at radius 3 is 2.71 bits per heavy atom. The third-order valence-corrected chi connectivity index (χ3v) is 4.00. The topological polar surface area (TPSA) is 65.3 Å². The van der Waals surface area contributed by atoms with E-state index >= 15 is 0 Å². The number of ether oxygens (including phenoxy) is 1. The molecule has 0 spiro atoms. The predicted molar refractivity (Wildman–Crippen MR) is 94.0 cm³/mol. The molecule has 0 atom stereocenters. The van der Waals surface area contributed by atoms with Crippen molar-refractivity contribution < 1.29 is 9.66 Å². The van der Waals surface area contributed by atoms with Gasteiger partial charge in [0.2, 0.25) is 0 Å². The van der Waals surface area contributed by atoms with Crippen molar-refractivity contribution in [1.29, 1.82) is 0 Å². The quantitative estimate of drug-likeness (QED) is 0.466. The zero-order valence-corrected chi connectivity index (χ0v) is 14.0. The molecule has 0 aliphatic heterocycles. The van der Waals surface area contributed by atoms with Gasteiger partial charge in [-0.3, -0.25) is 15.1 Å². The summed E-state index contributed by atoms with van der Waals surface area (Å²) >= 11 is 6.20. The molecular weight excluding hydrogens is 328 g/mol. The molecule has 1 aromatic heterocycles. The molecule has 0 aliphatic rings. The molecule has 0 aliphatic carbocycles. The lowest BCUT2D eigenvalue weighted by atomic mass is 10.1. The van der Waals surface area contributed by atoms with Gasteiger partial charge in [-0.25, -0.2) is 0 Å². The van der Waals surface area contributed by atoms with Crippen molar-refractivity contribution in [2.75, 3.05) is 0 Å². The maximum absolute atomic E-state index is 11.0. The second kappa shape index (κ2) is 6.45. The summed E-state index contributed by atoms with van der Waals surface area (Å²) in [4.78, 5) is 15.0. The normalized spacial score (nSPS) is 10.8. The van der Waals surface area contributed by atoms with E-state index in [9.17, 15) is 10.1 Å². The number of rotatable bonds is 4. The number of fused-ring (bicyclic) bond motifs is 1. The molecule has 3 rings (SSSR count). The first-order valence-corrected chi connectivity index (χ1v) is 7.88. The van der Waals surface area contributed by atoms with Gasteiger partial charge < -0.3 is 4.74 Å². The van der Waals surface area contributed by atoms with Crippen LogP contribution >= 0.6 is 11.6 Å². The molecule has 0 saturated heterocycles. The van der Waals surface area contributed by atoms with Gasteiger partial charge in [0.1, 0.15) is 11.5 Å². The van der Waals surface area contributed by atoms with Gasteiger partial charge in [0.25, 0.3) is 5.69 Å². The second-order valence-corrected chi connectivity index (χ2v) is 5.84. The predicted octanol–water partition coefficient (Wildman–Crippen LogP) is 5.46. The minimum Gasteiger partial charge on any atom is -0.455 e. The molecule has 0 radical (unpaired) electrons. The summed E-state index contributed by atoms with van der Waals surface area (Å²) < 4.78 is 5.92. The van der Waals surface area contributed by atoms with Crippen molar-refractivity contribution in [3.05, 3.63) is 68.9 Å². The van der Waals surface area contributed by atoms with E-state index in [0.29, 0.717) is 23.5 Å². The number of pyridine rings is 1. The molecule has 0 fully saturated rings. The Hall–Kier alpha value is -2.66. The van der Waals surface area contributed by atoms with Gasteiger partial charge in [-0.15, -0.1) is 0 Å². The summed E-state index contributed by atoms with van der Waals surface area (Å²) in [6, 6.07) is 12.3. The first kappa shape index (κ1) is 16.2. The molecule has 1 heterocycles. The highest BCUT2D eigenvalue weighted by Gasteiger charge is 2.16. The lowest BCUT2D eigenvalue weighted by Crippen LogP contribution is -1.96. The number of halogens is 1. The molecule has 0 N–H and O–H groups in total. The smallest absolute Gasteiger partial charge is 0.271 e. The summed E-state index contributed by atoms with van der Waals surface area (Å²) in [5.74, 6) is 1.06. The fourth-order valence-electron chi connectivity index (χ4n) is 2.50. The molecule has 6 heteroatoms. The van der Waals surface area contributed by atoms with Crippen LogP contribution in [0.4, 0.5) is 5.69 Å². The van der Waals surface area contributed by atoms with Crippen molar-refractivity contribution in [3.63, 3.8) is 0 Å². The van der Waals surface area contributed by atoms with E-state index in [1.165, 1.54) is 12.1 Å². The number of nitro groups is 1. The van der Waals surface area contributed by atoms with Crippen LogP contribution in [0.2, 0.25) is 5.02 Å². The van der Waals surface area contributed by atoms with Crippen LogP contribution in [-0.2, 0) is 6.42 Å². The van der Waals surface area contributed by atoms with E-state index in [1.807, 2.05) is 44.2 Å². The molecule has 24 heavy (non-hydrogen) atoms. The average Bonchev–Trinajstić information content (AvgIpc) is 2.56. The van der Waals surface area contributed by atoms with Crippen LogP contribution in [0.1, 0.15) is 18.2 Å². The van der Waals surface area contributed by atoms with E-state index in [-0.39, 0.29) is 10.7 Å². The highest BCUT2D eigenvalue weighted by Crippen LogP contribution is 2.37. The van der Waals surface area contributed by atoms with Crippen molar-refractivity contribution in [1.82, 2.24) is 4.98 Å². The third-order valence-electron chi connectivity index (χ3n) is 3.72. The minimum absolute atomic E-state index is 0.0395. The zero-order valence-electron chi connectivity index (χ0n) is 13.2. The fraction of sp³-hybridized carbons (Fsp3) is 0.167. The van der Waals surface area contributed by atoms with Gasteiger partial charge in [0, 0.05) is 28.8 Å². The Labute approximate surface area is 144 Å². The molecule has 122 valence electrons. The fourth-order valence-corrected chi connectivity index (χ4v) is 2.78. The lowest BCUT2D eigenvalue weighted by Gasteiger charge is -2.12. The number of hydrogen-bond donors (Lipinski definition) is 0. The summed E-state index contributed by atoms with van der Waals surface area (Å²) in [7, 11) is 0. The van der Waals surface area contributed by atoms with Crippen LogP contribution < -0.4 is 4.74 Å². The molecule has 5 nitrogen and oxygen atoms in total. The Morgan fingerprint density at radius 2 is 2.00 bits per heavy atom. The first-order chi connectivity index (χ1) is 11.5. The van der Waals surface area contributed by atoms with Gasteiger partial charge in [-0.05, 0) is 37.6 Å². The number of nitrogens with zero attached hydrogens (tertiary/aromatic N) is 2. The lowest BCUT2D eigenvalue weighted by molar-refractivity contribution is -0.384. The van der Waals surface area contributed by atoms with Crippen LogP contribution in [0.5, 0.6) is 11.5 Å². The van der Waals surface area contributed by atoms with Crippen molar-refractivity contribution >= 4 is 28.2 Å². The van der Waals surface area contributed by atoms with Gasteiger partial charge >= 0.3 is 0 Å². The highest BCUT2D eigenvalue weighted by molar-refractivity contribution is 6.32. The van der Waals surface area contributed by atoms with Gasteiger partial charge in [0.05, 0.1) is 15.5 Å². The van der Waals surface area contributed by atoms with Gasteiger partial charge in [-0.1, -0.05) is 24.6 Å². The van der Waals surface area contributed by atoms with Crippen molar-refractivity contribution in [2.24, 2.45) is 0 Å². The molecule has 0 bridgehead atoms. The summed E-state index contributed by atoms with van der Waals surface area (Å²) in [5, 5.41) is 12.1. The maximum atomic E-state index is 11.0. The Balaban J connectivity index is 2.01. The molecular formula is C18H15ClN2O3. The van der Waals surface area contributed by atoms with Crippen LogP contribution in [0.25, 0.3) is 10.9 Å². The van der Waals surface area contributed by atoms with E-state index in [2.05, 4.69) is 4.98 Å². The van der Waals surface area contributed by atoms with E-state index in [0.717, 1.165) is 16.6 Å². The van der Waals surface area contributed by atoms with Crippen LogP contribution in [-0.4, -0.2) is 9.91 Å². The van der Waals surface area contributed by atoms with Gasteiger partial charge in [0.15, 0.2) is 0 Å². The standard InChI is InChI=1S/C18H15ClN2O3/c1-3-12-8-14(21(22)23)10-16(19)18(12)24-15-6-7-17-13(9-15)5-4-11(2)20-17/h4-10H,3H2,1-2H3. The Bertz CT molecular complexity index is 941. The Morgan fingerprint density at radius 1 is 1.21 bits per heavy atom. The van der Waals surface area contributed by atoms with Crippen molar-refractivity contribution in [2.45, 2.75) is 20.3 Å². The number of aromatic nitrogens is 1. The van der Waals surface area contributed by atoms with E-state index < -0.39 is 4.92 Å². The number of hydrogen-bond acceptors (Lipinski definition) is 4. The zero-order chi connectivity index (χ0) is 17.3. The summed E-state index contributed by atoms with van der Waals surface area (Å²) in [6.45, 7) is 3.84. The van der Waals surface area contributed by atoms with Gasteiger partial charge in [-0.2, -0.15) is 0 Å². The number of aryl methyl sites for hydroxylation is 2. The molecule has 0 unspecified atom stereocenters. The second-order valence-electron chi connectivity index (χ2n) is 5.44. The van der Waals surface area contributed by atoms with E-state index in [4.69, 9.17) is 16.3 Å². The Kier molecular flexibility index (Phi) is 4.36. The SMILES string of the molecule is CCc1cc([N+](=O)[O-])cc(Cl)c1Oc1ccc2nc(C)ccc2c1. The minimum atomic E-state index is -0.459. The van der Waals surface area contributed by atoms with E-state index in [1.54, 1.807) is 0 Å². The van der Waals surface area contributed by atoms with Crippen LogP contribution in [0.15, 0.2) is 42.5 Å². The highest BCUT2D eigenvalue weighted by atomic mass is 35.5. The molecule has 0 saturated carbocycles. The number of non-ortho nitro benzene ring substituents is 1. The molecule has 3 aromatic rings. The summed E-state index contributed by atoms with van der Waals surface area (Å²) in [5.41, 5.74) is 2.48. The number of benzene rings is 2. The first-order valence-electron chi connectivity index (χ1n) is 7.50. The third kappa shape index (κ3) is 3.16. The molecule has 0 amide bonds. The molecule has 2 aromatic carbocycles. The summed E-state index contributed by atoms with van der Waals surface area (Å²) in [6.07, 6.45) is 0.574. The largest absolute Gasteiger partial charge is 0.455 e. The van der Waals surface area contributed by atoms with Crippen LogP contribution in [0, 0.1) is 17.0 Å².